The van der Waals surface area contributed by atoms with Crippen molar-refractivity contribution in [1.29, 1.82) is 0 Å². The summed E-state index contributed by atoms with van der Waals surface area (Å²) >= 11 is 0. The Morgan fingerprint density at radius 3 is 2.22 bits per heavy atom. The first-order valence-corrected chi connectivity index (χ1v) is 8.29. The van der Waals surface area contributed by atoms with Crippen molar-refractivity contribution in [3.8, 4) is 0 Å². The van der Waals surface area contributed by atoms with Gasteiger partial charge in [-0.05, 0) is 44.2 Å². The molecule has 1 saturated carbocycles. The fourth-order valence-corrected chi connectivity index (χ4v) is 3.03. The molecule has 126 valence electrons. The van der Waals surface area contributed by atoms with Crippen molar-refractivity contribution < 1.29 is 9.59 Å². The number of hydrogen-bond donors (Lipinski definition) is 1. The van der Waals surface area contributed by atoms with E-state index >= 15 is 0 Å². The van der Waals surface area contributed by atoms with Gasteiger partial charge < -0.3 is 10.2 Å². The molecule has 0 atom stereocenters. The summed E-state index contributed by atoms with van der Waals surface area (Å²) in [5.41, 5.74) is 1.34. The van der Waals surface area contributed by atoms with Crippen molar-refractivity contribution in [1.82, 2.24) is 9.80 Å². The molecule has 1 aliphatic rings. The number of nitrogens with one attached hydrogen (secondary N) is 1. The summed E-state index contributed by atoms with van der Waals surface area (Å²) in [4.78, 5) is 27.7. The Morgan fingerprint density at radius 2 is 1.65 bits per heavy atom. The number of nitrogens with zero attached hydrogens (tertiary/aromatic N) is 2. The third-order valence-corrected chi connectivity index (χ3v) is 4.41. The van der Waals surface area contributed by atoms with Gasteiger partial charge in [0.25, 0.3) is 5.91 Å². The Kier molecular flexibility index (Phi) is 6.16. The Balaban J connectivity index is 1.86. The molecule has 1 N–H and O–H groups in total. The fourth-order valence-electron chi connectivity index (χ4n) is 3.03. The third-order valence-electron chi connectivity index (χ3n) is 4.41. The third kappa shape index (κ3) is 5.06. The van der Waals surface area contributed by atoms with Crippen LogP contribution in [0.5, 0.6) is 0 Å². The molecule has 0 radical (unpaired) electrons. The number of amides is 2. The minimum Gasteiger partial charge on any atom is -0.345 e. The quantitative estimate of drug-likeness (QED) is 0.908. The molecule has 1 aliphatic carbocycles. The first kappa shape index (κ1) is 17.5. The number of carbonyl (C=O) groups is 2. The van der Waals surface area contributed by atoms with Crippen LogP contribution in [0, 0.1) is 0 Å². The molecule has 2 amide bonds. The van der Waals surface area contributed by atoms with E-state index in [0.29, 0.717) is 18.2 Å². The van der Waals surface area contributed by atoms with Gasteiger partial charge in [-0.15, -0.1) is 0 Å². The first-order valence-electron chi connectivity index (χ1n) is 8.29. The van der Waals surface area contributed by atoms with Crippen LogP contribution in [0.25, 0.3) is 0 Å². The monoisotopic (exact) mass is 317 g/mol. The molecule has 0 bridgehead atoms. The minimum atomic E-state index is -0.0418. The van der Waals surface area contributed by atoms with Crippen molar-refractivity contribution in [2.24, 2.45) is 0 Å². The second kappa shape index (κ2) is 8.11. The number of benzene rings is 1. The molecule has 0 aromatic heterocycles. The molecule has 23 heavy (non-hydrogen) atoms. The van der Waals surface area contributed by atoms with Crippen LogP contribution in [-0.2, 0) is 4.79 Å². The topological polar surface area (TPSA) is 52.7 Å². The van der Waals surface area contributed by atoms with E-state index in [1.165, 1.54) is 37.0 Å². The van der Waals surface area contributed by atoms with E-state index in [2.05, 4.69) is 10.2 Å². The zero-order valence-electron chi connectivity index (χ0n) is 14.3. The zero-order valence-corrected chi connectivity index (χ0v) is 14.3. The minimum absolute atomic E-state index is 0.00948. The first-order chi connectivity index (χ1) is 11.0. The van der Waals surface area contributed by atoms with Gasteiger partial charge in [0.1, 0.15) is 0 Å². The van der Waals surface area contributed by atoms with E-state index in [-0.39, 0.29) is 11.8 Å². The molecule has 1 fully saturated rings. The summed E-state index contributed by atoms with van der Waals surface area (Å²) < 4.78 is 0. The molecule has 2 rings (SSSR count). The summed E-state index contributed by atoms with van der Waals surface area (Å²) in [7, 11) is 5.46. The largest absolute Gasteiger partial charge is 0.345 e. The Morgan fingerprint density at radius 1 is 1.04 bits per heavy atom. The van der Waals surface area contributed by atoms with Gasteiger partial charge in [0.2, 0.25) is 5.91 Å². The summed E-state index contributed by atoms with van der Waals surface area (Å²) in [6.07, 6.45) is 6.21. The predicted molar refractivity (Wildman–Crippen MR) is 92.6 cm³/mol. The maximum atomic E-state index is 12.2. The van der Waals surface area contributed by atoms with Crippen molar-refractivity contribution in [3.63, 3.8) is 0 Å². The van der Waals surface area contributed by atoms with Gasteiger partial charge in [0.15, 0.2) is 0 Å². The maximum Gasteiger partial charge on any atom is 0.253 e. The van der Waals surface area contributed by atoms with Crippen LogP contribution in [0.3, 0.4) is 0 Å². The van der Waals surface area contributed by atoms with Crippen LogP contribution in [0.4, 0.5) is 5.69 Å². The van der Waals surface area contributed by atoms with Gasteiger partial charge in [-0.3, -0.25) is 14.5 Å². The average Bonchev–Trinajstić information content (AvgIpc) is 2.55. The van der Waals surface area contributed by atoms with E-state index in [0.717, 1.165) is 5.69 Å². The van der Waals surface area contributed by atoms with Crippen LogP contribution in [0.2, 0.25) is 0 Å². The van der Waals surface area contributed by atoms with Gasteiger partial charge in [-0.25, -0.2) is 0 Å². The lowest BCUT2D eigenvalue weighted by molar-refractivity contribution is -0.117. The number of anilines is 1. The van der Waals surface area contributed by atoms with Crippen LogP contribution >= 0.6 is 0 Å². The highest BCUT2D eigenvalue weighted by Crippen LogP contribution is 2.21. The lowest BCUT2D eigenvalue weighted by atomic mass is 9.94. The summed E-state index contributed by atoms with van der Waals surface area (Å²) in [6.45, 7) is 0.406. The fraction of sp³-hybridized carbons (Fsp3) is 0.556. The average molecular weight is 317 g/mol. The molecule has 0 heterocycles. The molecule has 0 aliphatic heterocycles. The lowest BCUT2D eigenvalue weighted by Crippen LogP contribution is -2.39. The molecular weight excluding hydrogens is 290 g/mol. The van der Waals surface area contributed by atoms with E-state index in [4.69, 9.17) is 0 Å². The van der Waals surface area contributed by atoms with E-state index in [1.54, 1.807) is 38.4 Å². The van der Waals surface area contributed by atoms with E-state index < -0.39 is 0 Å². The zero-order chi connectivity index (χ0) is 16.8. The summed E-state index contributed by atoms with van der Waals surface area (Å²) in [6, 6.07) is 7.55. The van der Waals surface area contributed by atoms with Gasteiger partial charge in [-0.1, -0.05) is 19.3 Å². The molecule has 5 heteroatoms. The molecular formula is C18H27N3O2. The molecule has 0 spiro atoms. The summed E-state index contributed by atoms with van der Waals surface area (Å²) in [5, 5.41) is 2.90. The molecule has 5 nitrogen and oxygen atoms in total. The van der Waals surface area contributed by atoms with E-state index in [9.17, 15) is 9.59 Å². The van der Waals surface area contributed by atoms with Crippen molar-refractivity contribution >= 4 is 17.5 Å². The summed E-state index contributed by atoms with van der Waals surface area (Å²) in [5.74, 6) is -0.0512. The highest BCUT2D eigenvalue weighted by atomic mass is 16.2. The van der Waals surface area contributed by atoms with Gasteiger partial charge in [-0.2, -0.15) is 0 Å². The van der Waals surface area contributed by atoms with Crippen LogP contribution in [-0.4, -0.2) is 55.3 Å². The Hall–Kier alpha value is -1.88. The molecule has 0 unspecified atom stereocenters. The smallest absolute Gasteiger partial charge is 0.253 e. The van der Waals surface area contributed by atoms with Gasteiger partial charge >= 0.3 is 0 Å². The highest BCUT2D eigenvalue weighted by Gasteiger charge is 2.19. The lowest BCUT2D eigenvalue weighted by Gasteiger charge is -2.30. The molecule has 0 saturated heterocycles. The Labute approximate surface area is 138 Å². The van der Waals surface area contributed by atoms with E-state index in [1.807, 2.05) is 7.05 Å². The van der Waals surface area contributed by atoms with Crippen LogP contribution < -0.4 is 5.32 Å². The second-order valence-electron chi connectivity index (χ2n) is 6.53. The normalized spacial score (nSPS) is 15.5. The van der Waals surface area contributed by atoms with Gasteiger partial charge in [0, 0.05) is 31.4 Å². The maximum absolute atomic E-state index is 12.2. The van der Waals surface area contributed by atoms with Crippen molar-refractivity contribution in [2.75, 3.05) is 33.0 Å². The number of carbonyl (C=O) groups excluding carboxylic acids is 2. The molecule has 1 aromatic rings. The van der Waals surface area contributed by atoms with Crippen LogP contribution in [0.1, 0.15) is 42.5 Å². The molecule has 1 aromatic carbocycles. The number of hydrogen-bond acceptors (Lipinski definition) is 3. The Bertz CT molecular complexity index is 534. The van der Waals surface area contributed by atoms with Crippen LogP contribution in [0.15, 0.2) is 24.3 Å². The predicted octanol–water partition coefficient (Wildman–Crippen LogP) is 2.59. The number of rotatable bonds is 5. The van der Waals surface area contributed by atoms with Crippen molar-refractivity contribution in [3.05, 3.63) is 29.8 Å². The standard InChI is InChI=1S/C18H27N3O2/c1-20(2)18(23)14-9-11-15(12-10-14)19-17(22)13-21(3)16-7-5-4-6-8-16/h9-12,16H,4-8,13H2,1-3H3,(H,19,22). The number of likely N-dealkylation sites (N-methyl/N-ethyl adjacent to an activating group) is 1. The van der Waals surface area contributed by atoms with Gasteiger partial charge in [0.05, 0.1) is 6.54 Å². The highest BCUT2D eigenvalue weighted by molar-refractivity contribution is 5.95. The van der Waals surface area contributed by atoms with Crippen molar-refractivity contribution in [2.45, 2.75) is 38.1 Å². The SMILES string of the molecule is CN(C)C(=O)c1ccc(NC(=O)CN(C)C2CCCCC2)cc1. The second-order valence-corrected chi connectivity index (χ2v) is 6.53.